The molecule has 1 aliphatic rings. The molecule has 1 N–H and O–H groups in total. The first-order valence-corrected chi connectivity index (χ1v) is 13.5. The lowest BCUT2D eigenvalue weighted by Gasteiger charge is -2.23. The van der Waals surface area contributed by atoms with Crippen molar-refractivity contribution in [3.8, 4) is 10.6 Å². The minimum Gasteiger partial charge on any atom is -0.327 e. The van der Waals surface area contributed by atoms with E-state index in [1.54, 1.807) is 4.90 Å². The maximum absolute atomic E-state index is 13.2. The number of hydrogen-bond acceptors (Lipinski definition) is 5. The Morgan fingerprint density at radius 1 is 1.12 bits per heavy atom. The summed E-state index contributed by atoms with van der Waals surface area (Å²) in [6.45, 7) is 2.79. The first-order chi connectivity index (χ1) is 16.5. The van der Waals surface area contributed by atoms with Crippen LogP contribution in [0.25, 0.3) is 10.6 Å². The van der Waals surface area contributed by atoms with Crippen molar-refractivity contribution >= 4 is 44.2 Å². The molecule has 178 valence electrons. The second-order valence-electron chi connectivity index (χ2n) is 8.58. The van der Waals surface area contributed by atoms with Crippen LogP contribution in [0.15, 0.2) is 53.0 Å². The number of aryl methyl sites for hydroxylation is 1. The van der Waals surface area contributed by atoms with Crippen LogP contribution in [0.2, 0.25) is 0 Å². The van der Waals surface area contributed by atoms with Gasteiger partial charge in [-0.1, -0.05) is 77.7 Å². The molecule has 4 rings (SSSR count). The van der Waals surface area contributed by atoms with E-state index in [0.29, 0.717) is 23.7 Å². The standard InChI is InChI=1S/C26H29BrN4O2S/c1-2-3-4-5-8-18-12-14-19(15-13-18)25(33)31-16-7-11-22(31)23(32)28-26-30-29-24(34-26)20-9-6-10-21(27)17-20/h6,9-10,12-15,17,22H,2-5,7-8,11,16H2,1H3,(H,28,30,32). The fourth-order valence-corrected chi connectivity index (χ4v) is 5.36. The van der Waals surface area contributed by atoms with E-state index in [2.05, 4.69) is 38.4 Å². The van der Waals surface area contributed by atoms with Gasteiger partial charge < -0.3 is 4.90 Å². The number of carbonyl (C=O) groups is 2. The van der Waals surface area contributed by atoms with E-state index in [-0.39, 0.29) is 11.8 Å². The van der Waals surface area contributed by atoms with Gasteiger partial charge in [0.25, 0.3) is 5.91 Å². The SMILES string of the molecule is CCCCCCc1ccc(C(=O)N2CCCC2C(=O)Nc2nnc(-c3cccc(Br)c3)s2)cc1. The smallest absolute Gasteiger partial charge is 0.254 e. The number of nitrogens with zero attached hydrogens (tertiary/aromatic N) is 3. The average molecular weight is 542 g/mol. The molecule has 0 radical (unpaired) electrons. The number of benzene rings is 2. The zero-order chi connectivity index (χ0) is 23.9. The number of aromatic nitrogens is 2. The lowest BCUT2D eigenvalue weighted by molar-refractivity contribution is -0.119. The first-order valence-electron chi connectivity index (χ1n) is 11.9. The molecule has 6 nitrogen and oxygen atoms in total. The van der Waals surface area contributed by atoms with Crippen LogP contribution in [0, 0.1) is 0 Å². The van der Waals surface area contributed by atoms with Crippen molar-refractivity contribution in [1.29, 1.82) is 0 Å². The third-order valence-electron chi connectivity index (χ3n) is 6.06. The molecular weight excluding hydrogens is 512 g/mol. The number of carbonyl (C=O) groups excluding carboxylic acids is 2. The number of unbranched alkanes of at least 4 members (excludes halogenated alkanes) is 3. The van der Waals surface area contributed by atoms with Gasteiger partial charge in [0.1, 0.15) is 11.0 Å². The van der Waals surface area contributed by atoms with Crippen LogP contribution >= 0.6 is 27.3 Å². The van der Waals surface area contributed by atoms with E-state index >= 15 is 0 Å². The molecule has 1 fully saturated rings. The summed E-state index contributed by atoms with van der Waals surface area (Å²) in [5, 5.41) is 12.4. The molecule has 1 aromatic heterocycles. The zero-order valence-electron chi connectivity index (χ0n) is 19.3. The molecule has 3 aromatic rings. The normalized spacial score (nSPS) is 15.5. The molecule has 1 unspecified atom stereocenters. The van der Waals surface area contributed by atoms with Gasteiger partial charge in [-0.3, -0.25) is 14.9 Å². The van der Waals surface area contributed by atoms with Crippen LogP contribution < -0.4 is 5.32 Å². The van der Waals surface area contributed by atoms with Crippen LogP contribution in [-0.2, 0) is 11.2 Å². The molecule has 2 heterocycles. The van der Waals surface area contributed by atoms with Crippen molar-refractivity contribution < 1.29 is 9.59 Å². The van der Waals surface area contributed by atoms with Crippen LogP contribution in [-0.4, -0.2) is 39.5 Å². The minimum atomic E-state index is -0.501. The van der Waals surface area contributed by atoms with E-state index in [4.69, 9.17) is 0 Å². The summed E-state index contributed by atoms with van der Waals surface area (Å²) in [4.78, 5) is 27.9. The van der Waals surface area contributed by atoms with E-state index in [0.717, 1.165) is 27.9 Å². The van der Waals surface area contributed by atoms with E-state index in [9.17, 15) is 9.59 Å². The third-order valence-corrected chi connectivity index (χ3v) is 7.44. The maximum Gasteiger partial charge on any atom is 0.254 e. The van der Waals surface area contributed by atoms with Crippen molar-refractivity contribution in [2.75, 3.05) is 11.9 Å². The minimum absolute atomic E-state index is 0.0951. The topological polar surface area (TPSA) is 75.2 Å². The van der Waals surface area contributed by atoms with Crippen molar-refractivity contribution in [2.24, 2.45) is 0 Å². The Morgan fingerprint density at radius 3 is 2.71 bits per heavy atom. The van der Waals surface area contributed by atoms with Gasteiger partial charge in [-0.05, 0) is 55.5 Å². The van der Waals surface area contributed by atoms with Gasteiger partial charge in [0, 0.05) is 22.1 Å². The molecule has 1 saturated heterocycles. The molecule has 34 heavy (non-hydrogen) atoms. The van der Waals surface area contributed by atoms with Crippen molar-refractivity contribution in [3.05, 3.63) is 64.1 Å². The van der Waals surface area contributed by atoms with Crippen LogP contribution in [0.4, 0.5) is 5.13 Å². The average Bonchev–Trinajstić information content (AvgIpc) is 3.52. The molecule has 1 atom stereocenters. The van der Waals surface area contributed by atoms with Crippen molar-refractivity contribution in [3.63, 3.8) is 0 Å². The number of rotatable bonds is 9. The Labute approximate surface area is 212 Å². The predicted molar refractivity (Wildman–Crippen MR) is 140 cm³/mol. The van der Waals surface area contributed by atoms with Crippen LogP contribution in [0.3, 0.4) is 0 Å². The summed E-state index contributed by atoms with van der Waals surface area (Å²) in [6, 6.07) is 15.1. The zero-order valence-corrected chi connectivity index (χ0v) is 21.7. The number of nitrogens with one attached hydrogen (secondary N) is 1. The van der Waals surface area contributed by atoms with E-state index < -0.39 is 6.04 Å². The number of anilines is 1. The summed E-state index contributed by atoms with van der Waals surface area (Å²) in [7, 11) is 0. The molecule has 2 amide bonds. The second-order valence-corrected chi connectivity index (χ2v) is 10.5. The van der Waals surface area contributed by atoms with Crippen LogP contribution in [0.5, 0.6) is 0 Å². The van der Waals surface area contributed by atoms with Crippen molar-refractivity contribution in [2.45, 2.75) is 57.9 Å². The van der Waals surface area contributed by atoms with Crippen LogP contribution in [0.1, 0.15) is 61.4 Å². The van der Waals surface area contributed by atoms with Gasteiger partial charge in [0.2, 0.25) is 11.0 Å². The van der Waals surface area contributed by atoms with Crippen molar-refractivity contribution in [1.82, 2.24) is 15.1 Å². The van der Waals surface area contributed by atoms with Gasteiger partial charge in [-0.15, -0.1) is 10.2 Å². The highest BCUT2D eigenvalue weighted by Gasteiger charge is 2.35. The summed E-state index contributed by atoms with van der Waals surface area (Å²) in [5.74, 6) is -0.308. The fourth-order valence-electron chi connectivity index (χ4n) is 4.22. The molecule has 0 bridgehead atoms. The lowest BCUT2D eigenvalue weighted by atomic mass is 10.0. The fraction of sp³-hybridized carbons (Fsp3) is 0.385. The van der Waals surface area contributed by atoms with Gasteiger partial charge in [-0.2, -0.15) is 0 Å². The molecule has 2 aromatic carbocycles. The Balaban J connectivity index is 1.37. The number of likely N-dealkylation sites (tertiary alicyclic amines) is 1. The highest BCUT2D eigenvalue weighted by atomic mass is 79.9. The Morgan fingerprint density at radius 2 is 1.94 bits per heavy atom. The third kappa shape index (κ3) is 6.10. The number of hydrogen-bond donors (Lipinski definition) is 1. The number of halogens is 1. The largest absolute Gasteiger partial charge is 0.327 e. The lowest BCUT2D eigenvalue weighted by Crippen LogP contribution is -2.43. The molecular formula is C26H29BrN4O2S. The summed E-state index contributed by atoms with van der Waals surface area (Å²) >= 11 is 4.78. The summed E-state index contributed by atoms with van der Waals surface area (Å²) < 4.78 is 0.954. The predicted octanol–water partition coefficient (Wildman–Crippen LogP) is 6.33. The maximum atomic E-state index is 13.2. The Bertz CT molecular complexity index is 1130. The Kier molecular flexibility index (Phi) is 8.45. The summed E-state index contributed by atoms with van der Waals surface area (Å²) in [6.07, 6.45) is 7.38. The quantitative estimate of drug-likeness (QED) is 0.321. The molecule has 8 heteroatoms. The highest BCUT2D eigenvalue weighted by molar-refractivity contribution is 9.10. The highest BCUT2D eigenvalue weighted by Crippen LogP contribution is 2.29. The summed E-state index contributed by atoms with van der Waals surface area (Å²) in [5.41, 5.74) is 2.81. The molecule has 0 saturated carbocycles. The molecule has 0 spiro atoms. The monoisotopic (exact) mass is 540 g/mol. The molecule has 0 aliphatic carbocycles. The number of amides is 2. The Hall–Kier alpha value is -2.58. The van der Waals surface area contributed by atoms with E-state index in [1.807, 2.05) is 48.5 Å². The first kappa shape index (κ1) is 24.5. The van der Waals surface area contributed by atoms with Gasteiger partial charge in [0.15, 0.2) is 0 Å². The van der Waals surface area contributed by atoms with Gasteiger partial charge in [0.05, 0.1) is 0 Å². The van der Waals surface area contributed by atoms with E-state index in [1.165, 1.54) is 42.6 Å². The van der Waals surface area contributed by atoms with Gasteiger partial charge >= 0.3 is 0 Å². The van der Waals surface area contributed by atoms with Gasteiger partial charge in [-0.25, -0.2) is 0 Å². The second kappa shape index (κ2) is 11.7. The molecule has 1 aliphatic heterocycles.